The molecule has 3 aromatic rings. The van der Waals surface area contributed by atoms with Gasteiger partial charge in [0.2, 0.25) is 0 Å². The van der Waals surface area contributed by atoms with Gasteiger partial charge in [0.15, 0.2) is 5.96 Å². The Morgan fingerprint density at radius 2 is 2.07 bits per heavy atom. The Morgan fingerprint density at radius 1 is 1.22 bits per heavy atom. The molecule has 0 aliphatic rings. The second-order valence-electron chi connectivity index (χ2n) is 6.87. The van der Waals surface area contributed by atoms with Crippen molar-refractivity contribution in [3.05, 3.63) is 48.5 Å². The maximum absolute atomic E-state index is 4.62. The number of fused-ring (bicyclic) bond motifs is 1. The van der Waals surface area contributed by atoms with Crippen molar-refractivity contribution in [1.29, 1.82) is 0 Å². The van der Waals surface area contributed by atoms with Gasteiger partial charge in [-0.3, -0.25) is 9.67 Å². The number of aromatic nitrogens is 4. The summed E-state index contributed by atoms with van der Waals surface area (Å²) >= 11 is 0. The second-order valence-corrected chi connectivity index (χ2v) is 6.87. The molecule has 3 rings (SSSR count). The molecule has 7 nitrogen and oxygen atoms in total. The first-order valence-corrected chi connectivity index (χ1v) is 9.51. The van der Waals surface area contributed by atoms with Gasteiger partial charge in [0, 0.05) is 45.6 Å². The van der Waals surface area contributed by atoms with Crippen molar-refractivity contribution in [2.24, 2.45) is 10.9 Å². The van der Waals surface area contributed by atoms with E-state index in [4.69, 9.17) is 0 Å². The van der Waals surface area contributed by atoms with E-state index in [0.29, 0.717) is 5.92 Å². The number of nitrogens with zero attached hydrogens (tertiary/aromatic N) is 5. The van der Waals surface area contributed by atoms with Gasteiger partial charge in [0.05, 0.1) is 11.0 Å². The molecule has 0 bridgehead atoms. The molecule has 0 aliphatic carbocycles. The topological polar surface area (TPSA) is 72.1 Å². The number of imidazole rings is 1. The van der Waals surface area contributed by atoms with Gasteiger partial charge in [-0.1, -0.05) is 19.1 Å². The third-order valence-electron chi connectivity index (χ3n) is 4.60. The van der Waals surface area contributed by atoms with Gasteiger partial charge in [-0.2, -0.15) is 5.10 Å². The molecule has 1 atom stereocenters. The average Bonchev–Trinajstić information content (AvgIpc) is 3.28. The molecule has 0 saturated carbocycles. The number of guanidine groups is 1. The Kier molecular flexibility index (Phi) is 6.46. The van der Waals surface area contributed by atoms with Crippen molar-refractivity contribution >= 4 is 17.0 Å². The Balaban J connectivity index is 1.41. The van der Waals surface area contributed by atoms with E-state index in [1.54, 1.807) is 7.05 Å². The molecule has 2 aromatic heterocycles. The van der Waals surface area contributed by atoms with Gasteiger partial charge >= 0.3 is 0 Å². The first-order valence-electron chi connectivity index (χ1n) is 9.51. The lowest BCUT2D eigenvalue weighted by Gasteiger charge is -2.16. The molecular weight excluding hydrogens is 338 g/mol. The summed E-state index contributed by atoms with van der Waals surface area (Å²) in [5.41, 5.74) is 2.26. The molecule has 1 aromatic carbocycles. The summed E-state index contributed by atoms with van der Waals surface area (Å²) in [6.07, 6.45) is 4.81. The highest BCUT2D eigenvalue weighted by molar-refractivity contribution is 5.79. The zero-order valence-corrected chi connectivity index (χ0v) is 16.4. The molecule has 2 heterocycles. The van der Waals surface area contributed by atoms with E-state index in [2.05, 4.69) is 62.3 Å². The fraction of sp³-hybridized carbons (Fsp3) is 0.450. The van der Waals surface area contributed by atoms with E-state index in [0.717, 1.165) is 49.9 Å². The van der Waals surface area contributed by atoms with E-state index < -0.39 is 0 Å². The van der Waals surface area contributed by atoms with Crippen molar-refractivity contribution in [3.8, 4) is 0 Å². The fourth-order valence-corrected chi connectivity index (χ4v) is 3.21. The largest absolute Gasteiger partial charge is 0.356 e. The van der Waals surface area contributed by atoms with E-state index >= 15 is 0 Å². The van der Waals surface area contributed by atoms with Crippen molar-refractivity contribution in [1.82, 2.24) is 30.0 Å². The molecule has 0 saturated heterocycles. The summed E-state index contributed by atoms with van der Waals surface area (Å²) in [5, 5.41) is 11.0. The number of para-hydroxylation sites is 2. The lowest BCUT2D eigenvalue weighted by Crippen LogP contribution is -2.40. The minimum absolute atomic E-state index is 0.461. The molecule has 2 N–H and O–H groups in total. The third-order valence-corrected chi connectivity index (χ3v) is 4.60. The number of benzene rings is 1. The smallest absolute Gasteiger partial charge is 0.190 e. The van der Waals surface area contributed by atoms with Crippen LogP contribution in [0.3, 0.4) is 0 Å². The Labute approximate surface area is 160 Å². The van der Waals surface area contributed by atoms with Crippen LogP contribution in [-0.4, -0.2) is 45.4 Å². The molecule has 27 heavy (non-hydrogen) atoms. The molecule has 0 spiro atoms. The summed E-state index contributed by atoms with van der Waals surface area (Å²) < 4.78 is 4.24. The summed E-state index contributed by atoms with van der Waals surface area (Å²) in [7, 11) is 1.81. The van der Waals surface area contributed by atoms with Crippen LogP contribution >= 0.6 is 0 Å². The van der Waals surface area contributed by atoms with Gasteiger partial charge in [-0.05, 0) is 37.5 Å². The van der Waals surface area contributed by atoms with Crippen LogP contribution in [0.25, 0.3) is 11.0 Å². The Hall–Kier alpha value is -2.83. The quantitative estimate of drug-likeness (QED) is 0.364. The predicted molar refractivity (Wildman–Crippen MR) is 110 cm³/mol. The molecule has 7 heteroatoms. The molecule has 0 amide bonds. The Bertz CT molecular complexity index is 864. The van der Waals surface area contributed by atoms with Crippen LogP contribution in [0.4, 0.5) is 0 Å². The van der Waals surface area contributed by atoms with E-state index in [-0.39, 0.29) is 0 Å². The molecule has 1 unspecified atom stereocenters. The minimum Gasteiger partial charge on any atom is -0.356 e. The highest BCUT2D eigenvalue weighted by Gasteiger charge is 2.07. The highest BCUT2D eigenvalue weighted by atomic mass is 15.3. The monoisotopic (exact) mass is 367 g/mol. The number of aliphatic imine (C=N–C) groups is 1. The van der Waals surface area contributed by atoms with Crippen LogP contribution in [0.5, 0.6) is 0 Å². The van der Waals surface area contributed by atoms with Crippen molar-refractivity contribution in [3.63, 3.8) is 0 Å². The van der Waals surface area contributed by atoms with Gasteiger partial charge in [0.1, 0.15) is 5.82 Å². The molecule has 0 aliphatic heterocycles. The normalized spacial score (nSPS) is 13.1. The third kappa shape index (κ3) is 5.09. The minimum atomic E-state index is 0.461. The molecule has 144 valence electrons. The molecule has 0 radical (unpaired) electrons. The first kappa shape index (κ1) is 18.9. The number of hydrogen-bond donors (Lipinski definition) is 2. The maximum atomic E-state index is 4.62. The lowest BCUT2D eigenvalue weighted by molar-refractivity contribution is 0.443. The summed E-state index contributed by atoms with van der Waals surface area (Å²) in [4.78, 5) is 8.93. The van der Waals surface area contributed by atoms with Crippen LogP contribution in [0.2, 0.25) is 0 Å². The molecule has 0 fully saturated rings. The number of hydrogen-bond acceptors (Lipinski definition) is 3. The standard InChI is InChI=1S/C20H29N7/c1-16(15-26-12-7-11-24-26)14-23-20(21-3)22-10-6-13-27-17(2)25-18-8-4-5-9-19(18)27/h4-5,7-9,11-12,16H,6,10,13-15H2,1-3H3,(H2,21,22,23). The molecular formula is C20H29N7. The van der Waals surface area contributed by atoms with E-state index in [1.807, 2.05) is 29.2 Å². The number of rotatable bonds is 8. The van der Waals surface area contributed by atoms with Gasteiger partial charge in [-0.25, -0.2) is 4.98 Å². The van der Waals surface area contributed by atoms with Crippen molar-refractivity contribution in [2.45, 2.75) is 33.4 Å². The first-order chi connectivity index (χ1) is 13.2. The summed E-state index contributed by atoms with van der Waals surface area (Å²) in [6, 6.07) is 10.2. The van der Waals surface area contributed by atoms with Crippen LogP contribution in [0.1, 0.15) is 19.2 Å². The van der Waals surface area contributed by atoms with Gasteiger partial charge in [-0.15, -0.1) is 0 Å². The van der Waals surface area contributed by atoms with Crippen LogP contribution < -0.4 is 10.6 Å². The predicted octanol–water partition coefficient (Wildman–Crippen LogP) is 2.43. The Morgan fingerprint density at radius 3 is 2.85 bits per heavy atom. The van der Waals surface area contributed by atoms with Gasteiger partial charge in [0.25, 0.3) is 0 Å². The average molecular weight is 368 g/mol. The second kappa shape index (κ2) is 9.21. The number of nitrogens with one attached hydrogen (secondary N) is 2. The summed E-state index contributed by atoms with van der Waals surface area (Å²) in [6.45, 7) is 7.81. The highest BCUT2D eigenvalue weighted by Crippen LogP contribution is 2.15. The van der Waals surface area contributed by atoms with E-state index in [1.165, 1.54) is 5.52 Å². The van der Waals surface area contributed by atoms with Crippen molar-refractivity contribution in [2.75, 3.05) is 20.1 Å². The van der Waals surface area contributed by atoms with E-state index in [9.17, 15) is 0 Å². The van der Waals surface area contributed by atoms with Gasteiger partial charge < -0.3 is 15.2 Å². The number of aryl methyl sites for hydroxylation is 2. The van der Waals surface area contributed by atoms with Crippen molar-refractivity contribution < 1.29 is 0 Å². The van der Waals surface area contributed by atoms with Crippen LogP contribution in [-0.2, 0) is 13.1 Å². The van der Waals surface area contributed by atoms with Crippen LogP contribution in [0.15, 0.2) is 47.7 Å². The lowest BCUT2D eigenvalue weighted by atomic mass is 10.2. The van der Waals surface area contributed by atoms with Crippen LogP contribution in [0, 0.1) is 12.8 Å². The fourth-order valence-electron chi connectivity index (χ4n) is 3.21. The SMILES string of the molecule is CN=C(NCCCn1c(C)nc2ccccc21)NCC(C)Cn1cccn1. The summed E-state index contributed by atoms with van der Waals surface area (Å²) in [5.74, 6) is 2.36. The zero-order chi connectivity index (χ0) is 19.1. The zero-order valence-electron chi connectivity index (χ0n) is 16.4. The maximum Gasteiger partial charge on any atom is 0.190 e.